The Hall–Kier alpha value is -3.48. The third kappa shape index (κ3) is 5.17. The van der Waals surface area contributed by atoms with Crippen molar-refractivity contribution in [3.05, 3.63) is 80.7 Å². The van der Waals surface area contributed by atoms with Gasteiger partial charge in [0.15, 0.2) is 0 Å². The second-order valence-electron chi connectivity index (χ2n) is 8.35. The average molecular weight is 554 g/mol. The number of hydrogen-bond acceptors (Lipinski definition) is 6. The van der Waals surface area contributed by atoms with E-state index in [9.17, 15) is 31.9 Å². The van der Waals surface area contributed by atoms with Gasteiger partial charge in [-0.1, -0.05) is 11.6 Å². The lowest BCUT2D eigenvalue weighted by molar-refractivity contribution is -0.119. The molecule has 3 aromatic rings. The molecule has 1 aliphatic rings. The van der Waals surface area contributed by atoms with Gasteiger partial charge in [-0.05, 0) is 37.3 Å². The van der Waals surface area contributed by atoms with Gasteiger partial charge in [-0.25, -0.2) is 21.5 Å². The minimum absolute atomic E-state index is 0.00620. The molecule has 1 aliphatic heterocycles. The zero-order valence-corrected chi connectivity index (χ0v) is 21.3. The van der Waals surface area contributed by atoms with Crippen LogP contribution in [0.15, 0.2) is 47.3 Å². The van der Waals surface area contributed by atoms with Gasteiger partial charge in [0.25, 0.3) is 5.56 Å². The third-order valence-corrected chi connectivity index (χ3v) is 7.23. The first-order valence-electron chi connectivity index (χ1n) is 10.9. The summed E-state index contributed by atoms with van der Waals surface area (Å²) in [5.74, 6) is -2.04. The third-order valence-electron chi connectivity index (χ3n) is 5.77. The molecule has 4 rings (SSSR count). The molecule has 0 spiro atoms. The van der Waals surface area contributed by atoms with E-state index in [4.69, 9.17) is 16.3 Å². The van der Waals surface area contributed by atoms with Crippen molar-refractivity contribution in [3.8, 4) is 11.4 Å². The maximum absolute atomic E-state index is 13.9. The summed E-state index contributed by atoms with van der Waals surface area (Å²) in [4.78, 5) is 27.0. The van der Waals surface area contributed by atoms with Crippen molar-refractivity contribution in [2.45, 2.75) is 20.0 Å². The van der Waals surface area contributed by atoms with Gasteiger partial charge in [0.2, 0.25) is 15.9 Å². The quantitative estimate of drug-likeness (QED) is 0.481. The number of sulfonamides is 1. The molecule has 0 aliphatic carbocycles. The molecule has 0 saturated carbocycles. The van der Waals surface area contributed by atoms with Crippen LogP contribution in [-0.4, -0.2) is 43.5 Å². The van der Waals surface area contributed by atoms with Gasteiger partial charge in [-0.15, -0.1) is 0 Å². The fourth-order valence-corrected chi connectivity index (χ4v) is 5.02. The van der Waals surface area contributed by atoms with E-state index in [-0.39, 0.29) is 47.4 Å². The highest BCUT2D eigenvalue weighted by atomic mass is 35.5. The van der Waals surface area contributed by atoms with Gasteiger partial charge in [0, 0.05) is 23.4 Å². The van der Waals surface area contributed by atoms with Crippen molar-refractivity contribution >= 4 is 38.9 Å². The number of ether oxygens (including phenoxy) is 1. The second kappa shape index (κ2) is 10.1. The predicted octanol–water partition coefficient (Wildman–Crippen LogP) is 3.11. The van der Waals surface area contributed by atoms with Crippen molar-refractivity contribution in [1.82, 2.24) is 4.57 Å². The SMILES string of the molecule is Cc1cc(OCc2ccc(F)cc2F)c(Cl)c(=O)n1-c1ccc2c(c1)N(C(=O)CCO)CN2S(C)(=O)=O. The highest BCUT2D eigenvalue weighted by molar-refractivity contribution is 7.92. The number of aryl methyl sites for hydroxylation is 1. The zero-order chi connectivity index (χ0) is 27.1. The van der Waals surface area contributed by atoms with E-state index in [1.165, 1.54) is 39.8 Å². The minimum Gasteiger partial charge on any atom is -0.487 e. The molecule has 0 unspecified atom stereocenters. The number of rotatable bonds is 7. The topological polar surface area (TPSA) is 109 Å². The van der Waals surface area contributed by atoms with Crippen LogP contribution in [0.1, 0.15) is 17.7 Å². The van der Waals surface area contributed by atoms with E-state index in [1.54, 1.807) is 6.92 Å². The molecule has 1 N–H and O–H groups in total. The van der Waals surface area contributed by atoms with Crippen LogP contribution >= 0.6 is 11.6 Å². The van der Waals surface area contributed by atoms with E-state index >= 15 is 0 Å². The lowest BCUT2D eigenvalue weighted by atomic mass is 10.2. The Labute approximate surface area is 216 Å². The van der Waals surface area contributed by atoms with Crippen LogP contribution in [0, 0.1) is 18.6 Å². The van der Waals surface area contributed by atoms with E-state index in [2.05, 4.69) is 0 Å². The first-order valence-corrected chi connectivity index (χ1v) is 13.2. The largest absolute Gasteiger partial charge is 0.487 e. The van der Waals surface area contributed by atoms with Gasteiger partial charge < -0.3 is 9.84 Å². The predicted molar refractivity (Wildman–Crippen MR) is 134 cm³/mol. The second-order valence-corrected chi connectivity index (χ2v) is 10.6. The fourth-order valence-electron chi connectivity index (χ4n) is 3.99. The Kier molecular flexibility index (Phi) is 7.27. The highest BCUT2D eigenvalue weighted by Gasteiger charge is 2.35. The molecule has 0 saturated heterocycles. The minimum atomic E-state index is -3.71. The molecule has 0 radical (unpaired) electrons. The molecule has 13 heteroatoms. The van der Waals surface area contributed by atoms with Crippen LogP contribution in [0.2, 0.25) is 5.02 Å². The number of anilines is 2. The molecule has 2 heterocycles. The Morgan fingerprint density at radius 3 is 2.51 bits per heavy atom. The monoisotopic (exact) mass is 553 g/mol. The van der Waals surface area contributed by atoms with Gasteiger partial charge >= 0.3 is 0 Å². The maximum atomic E-state index is 13.9. The van der Waals surface area contributed by atoms with Crippen molar-refractivity contribution in [3.63, 3.8) is 0 Å². The van der Waals surface area contributed by atoms with E-state index < -0.39 is 39.7 Å². The standard InChI is InChI=1S/C24H22ClF2N3O6S/c1-14-9-21(36-12-15-3-4-16(26)10-18(15)27)23(25)24(33)30(14)17-5-6-19-20(11-17)28(22(32)7-8-31)13-29(19)37(2,34)35/h3-6,9-11,31H,7-8,12-13H2,1-2H3. The lowest BCUT2D eigenvalue weighted by Crippen LogP contribution is -2.38. The number of halogens is 3. The number of aromatic nitrogens is 1. The number of amides is 1. The summed E-state index contributed by atoms with van der Waals surface area (Å²) in [6.45, 7) is 0.628. The molecule has 37 heavy (non-hydrogen) atoms. The molecule has 0 fully saturated rings. The summed E-state index contributed by atoms with van der Waals surface area (Å²) in [6.07, 6.45) is 0.794. The first kappa shape index (κ1) is 26.6. The Morgan fingerprint density at radius 1 is 1.14 bits per heavy atom. The summed E-state index contributed by atoms with van der Waals surface area (Å²) in [5, 5.41) is 8.90. The molecule has 1 aromatic heterocycles. The van der Waals surface area contributed by atoms with Gasteiger partial charge in [-0.3, -0.25) is 19.1 Å². The first-order chi connectivity index (χ1) is 17.4. The lowest BCUT2D eigenvalue weighted by Gasteiger charge is -2.18. The molecule has 1 amide bonds. The smallest absolute Gasteiger partial charge is 0.277 e. The van der Waals surface area contributed by atoms with Crippen LogP contribution in [0.3, 0.4) is 0 Å². The summed E-state index contributed by atoms with van der Waals surface area (Å²) in [6, 6.07) is 8.96. The number of aliphatic hydroxyl groups excluding tert-OH is 1. The number of carbonyl (C=O) groups is 1. The van der Waals surface area contributed by atoms with Gasteiger partial charge in [0.05, 0.1) is 36.3 Å². The number of aliphatic hydroxyl groups is 1. The van der Waals surface area contributed by atoms with Crippen LogP contribution in [0.5, 0.6) is 5.75 Å². The van der Waals surface area contributed by atoms with Crippen LogP contribution in [0.25, 0.3) is 5.69 Å². The van der Waals surface area contributed by atoms with Crippen molar-refractivity contribution in [1.29, 1.82) is 0 Å². The van der Waals surface area contributed by atoms with Gasteiger partial charge in [0.1, 0.15) is 35.7 Å². The van der Waals surface area contributed by atoms with Crippen molar-refractivity contribution in [2.24, 2.45) is 0 Å². The normalized spacial score (nSPS) is 13.1. The van der Waals surface area contributed by atoms with E-state index in [1.807, 2.05) is 0 Å². The van der Waals surface area contributed by atoms with Crippen LogP contribution in [-0.2, 0) is 21.4 Å². The van der Waals surface area contributed by atoms with E-state index in [0.717, 1.165) is 22.7 Å². The van der Waals surface area contributed by atoms with Crippen LogP contribution in [0.4, 0.5) is 20.2 Å². The average Bonchev–Trinajstić information content (AvgIpc) is 3.21. The fraction of sp³-hybridized carbons (Fsp3) is 0.250. The summed E-state index contributed by atoms with van der Waals surface area (Å²) in [7, 11) is -3.71. The number of hydrogen-bond donors (Lipinski definition) is 1. The van der Waals surface area contributed by atoms with Crippen molar-refractivity contribution in [2.75, 3.05) is 28.7 Å². The molecule has 196 valence electrons. The molecule has 0 atom stereocenters. The summed E-state index contributed by atoms with van der Waals surface area (Å²) in [5.41, 5.74) is 0.585. The summed E-state index contributed by atoms with van der Waals surface area (Å²) >= 11 is 6.28. The van der Waals surface area contributed by atoms with Crippen molar-refractivity contribution < 1.29 is 31.8 Å². The number of benzene rings is 2. The number of carbonyl (C=O) groups excluding carboxylic acids is 1. The molecular weight excluding hydrogens is 532 g/mol. The van der Waals surface area contributed by atoms with Crippen LogP contribution < -0.4 is 19.5 Å². The number of nitrogens with zero attached hydrogens (tertiary/aromatic N) is 3. The highest BCUT2D eigenvalue weighted by Crippen LogP contribution is 2.39. The summed E-state index contributed by atoms with van der Waals surface area (Å²) < 4.78 is 59.5. The molecule has 2 aromatic carbocycles. The van der Waals surface area contributed by atoms with E-state index in [0.29, 0.717) is 11.4 Å². The Bertz CT molecular complexity index is 1560. The molecule has 9 nitrogen and oxygen atoms in total. The zero-order valence-electron chi connectivity index (χ0n) is 19.7. The molecular formula is C24H22ClF2N3O6S. The Balaban J connectivity index is 1.72. The Morgan fingerprint density at radius 2 is 1.86 bits per heavy atom. The molecule has 0 bridgehead atoms. The number of fused-ring (bicyclic) bond motifs is 1. The number of pyridine rings is 1. The van der Waals surface area contributed by atoms with Gasteiger partial charge in [-0.2, -0.15) is 0 Å². The maximum Gasteiger partial charge on any atom is 0.277 e.